The highest BCUT2D eigenvalue weighted by Crippen LogP contribution is 2.40. The molecule has 3 aromatic heterocycles. The molecule has 0 fully saturated rings. The Kier molecular flexibility index (Phi) is 3.59. The van der Waals surface area contributed by atoms with E-state index in [1.807, 2.05) is 6.92 Å². The van der Waals surface area contributed by atoms with Crippen LogP contribution in [-0.4, -0.2) is 36.3 Å². The molecule has 8 heteroatoms. The number of nitrogens with zero attached hydrogens (tertiary/aromatic N) is 4. The summed E-state index contributed by atoms with van der Waals surface area (Å²) >= 11 is 1.63. The number of hydrogen-bond acceptors (Lipinski definition) is 6. The quantitative estimate of drug-likeness (QED) is 0.555. The molecule has 0 saturated carbocycles. The van der Waals surface area contributed by atoms with Gasteiger partial charge in [-0.2, -0.15) is 4.52 Å². The molecule has 0 unspecified atom stereocenters. The minimum atomic E-state index is -0.999. The molecule has 1 aromatic carbocycles. The number of thiophene rings is 1. The van der Waals surface area contributed by atoms with Crippen LogP contribution in [0.15, 0.2) is 24.3 Å². The second-order valence-electron chi connectivity index (χ2n) is 7.59. The normalized spacial score (nSPS) is 15.8. The molecule has 1 aliphatic rings. The third-order valence-corrected chi connectivity index (χ3v) is 6.17. The van der Waals surface area contributed by atoms with Crippen LogP contribution in [-0.2, 0) is 17.8 Å². The lowest BCUT2D eigenvalue weighted by Gasteiger charge is -2.30. The standard InChI is InChI=1S/C20H18N4O3S/c1-10-21-18-15(13-8-20(2,3)27-9-14(13)28-18)17-22-16(23-24(10)17)11-6-4-5-7-12(11)19(25)26/h4-7H,8-9H2,1-3H3,(H,25,26). The van der Waals surface area contributed by atoms with Gasteiger partial charge in [0.1, 0.15) is 10.7 Å². The second-order valence-corrected chi connectivity index (χ2v) is 8.67. The minimum absolute atomic E-state index is 0.183. The van der Waals surface area contributed by atoms with Crippen LogP contribution in [0.3, 0.4) is 0 Å². The predicted molar refractivity (Wildman–Crippen MR) is 106 cm³/mol. The Bertz CT molecular complexity index is 1270. The highest BCUT2D eigenvalue weighted by Gasteiger charge is 2.31. The number of rotatable bonds is 2. The molecule has 0 amide bonds. The van der Waals surface area contributed by atoms with Crippen LogP contribution in [0.4, 0.5) is 0 Å². The first-order valence-corrected chi connectivity index (χ1v) is 9.80. The Labute approximate surface area is 164 Å². The van der Waals surface area contributed by atoms with Crippen LogP contribution in [0.25, 0.3) is 27.3 Å². The fourth-order valence-corrected chi connectivity index (χ4v) is 4.86. The van der Waals surface area contributed by atoms with Crippen molar-refractivity contribution in [1.82, 2.24) is 19.6 Å². The maximum absolute atomic E-state index is 11.6. The van der Waals surface area contributed by atoms with E-state index in [4.69, 9.17) is 14.7 Å². The van der Waals surface area contributed by atoms with Gasteiger partial charge in [-0.05, 0) is 32.4 Å². The number of carboxylic acid groups (broad SMARTS) is 1. The highest BCUT2D eigenvalue weighted by atomic mass is 32.1. The number of aromatic nitrogens is 4. The van der Waals surface area contributed by atoms with Gasteiger partial charge in [-0.1, -0.05) is 18.2 Å². The maximum Gasteiger partial charge on any atom is 0.336 e. The Morgan fingerprint density at radius 1 is 1.29 bits per heavy atom. The average Bonchev–Trinajstić information content (AvgIpc) is 3.22. The van der Waals surface area contributed by atoms with Gasteiger partial charge in [-0.3, -0.25) is 0 Å². The van der Waals surface area contributed by atoms with E-state index in [2.05, 4.69) is 18.9 Å². The summed E-state index contributed by atoms with van der Waals surface area (Å²) in [7, 11) is 0. The van der Waals surface area contributed by atoms with Crippen molar-refractivity contribution in [3.8, 4) is 11.4 Å². The topological polar surface area (TPSA) is 89.6 Å². The first-order chi connectivity index (χ1) is 13.3. The van der Waals surface area contributed by atoms with Crippen LogP contribution in [0.1, 0.15) is 40.5 Å². The number of fused-ring (bicyclic) bond motifs is 5. The second kappa shape index (κ2) is 5.83. The molecule has 5 rings (SSSR count). The van der Waals surface area contributed by atoms with Gasteiger partial charge in [0.15, 0.2) is 11.5 Å². The van der Waals surface area contributed by atoms with Crippen molar-refractivity contribution in [2.75, 3.05) is 0 Å². The largest absolute Gasteiger partial charge is 0.478 e. The molecule has 28 heavy (non-hydrogen) atoms. The lowest BCUT2D eigenvalue weighted by atomic mass is 9.94. The molecule has 4 heterocycles. The van der Waals surface area contributed by atoms with E-state index in [1.165, 1.54) is 10.4 Å². The first-order valence-electron chi connectivity index (χ1n) is 8.98. The molecule has 142 valence electrons. The third-order valence-electron chi connectivity index (χ3n) is 5.07. The summed E-state index contributed by atoms with van der Waals surface area (Å²) < 4.78 is 7.67. The summed E-state index contributed by atoms with van der Waals surface area (Å²) in [4.78, 5) is 23.2. The molecule has 0 aliphatic carbocycles. The lowest BCUT2D eigenvalue weighted by molar-refractivity contribution is -0.0379. The van der Waals surface area contributed by atoms with Crippen LogP contribution in [0.5, 0.6) is 0 Å². The zero-order valence-corrected chi connectivity index (χ0v) is 16.5. The van der Waals surface area contributed by atoms with Crippen molar-refractivity contribution in [2.24, 2.45) is 0 Å². The molecule has 7 nitrogen and oxygen atoms in total. The SMILES string of the molecule is Cc1nc2sc3c(c2c2nc(-c4ccccc4C(=O)O)nn12)CC(C)(C)OC3. The van der Waals surface area contributed by atoms with Gasteiger partial charge in [-0.15, -0.1) is 16.4 Å². The summed E-state index contributed by atoms with van der Waals surface area (Å²) in [6.07, 6.45) is 0.774. The molecule has 0 radical (unpaired) electrons. The Morgan fingerprint density at radius 2 is 2.07 bits per heavy atom. The van der Waals surface area contributed by atoms with E-state index in [1.54, 1.807) is 40.1 Å². The highest BCUT2D eigenvalue weighted by molar-refractivity contribution is 7.19. The summed E-state index contributed by atoms with van der Waals surface area (Å²) in [6.45, 7) is 6.61. The van der Waals surface area contributed by atoms with Crippen LogP contribution in [0.2, 0.25) is 0 Å². The summed E-state index contributed by atoms with van der Waals surface area (Å²) in [5.41, 5.74) is 2.36. The van der Waals surface area contributed by atoms with E-state index in [0.29, 0.717) is 29.5 Å². The van der Waals surface area contributed by atoms with Gasteiger partial charge < -0.3 is 9.84 Å². The molecular formula is C20H18N4O3S. The van der Waals surface area contributed by atoms with E-state index >= 15 is 0 Å². The zero-order chi connectivity index (χ0) is 19.6. The van der Waals surface area contributed by atoms with Crippen molar-refractivity contribution < 1.29 is 14.6 Å². The molecule has 0 saturated heterocycles. The average molecular weight is 394 g/mol. The number of ether oxygens (including phenoxy) is 1. The molecule has 4 aromatic rings. The van der Waals surface area contributed by atoms with E-state index < -0.39 is 5.97 Å². The van der Waals surface area contributed by atoms with E-state index in [0.717, 1.165) is 16.6 Å². The molecule has 0 spiro atoms. The predicted octanol–water partition coefficient (Wildman–Crippen LogP) is 3.86. The third kappa shape index (κ3) is 2.52. The first kappa shape index (κ1) is 17.3. The van der Waals surface area contributed by atoms with Gasteiger partial charge in [0, 0.05) is 16.9 Å². The minimum Gasteiger partial charge on any atom is -0.478 e. The summed E-state index contributed by atoms with van der Waals surface area (Å²) in [5, 5.41) is 15.1. The van der Waals surface area contributed by atoms with Gasteiger partial charge >= 0.3 is 5.97 Å². The van der Waals surface area contributed by atoms with Crippen LogP contribution >= 0.6 is 11.3 Å². The van der Waals surface area contributed by atoms with E-state index in [-0.39, 0.29) is 11.2 Å². The maximum atomic E-state index is 11.6. The smallest absolute Gasteiger partial charge is 0.336 e. The Hall–Kier alpha value is -2.84. The van der Waals surface area contributed by atoms with Crippen molar-refractivity contribution >= 4 is 33.2 Å². The van der Waals surface area contributed by atoms with Crippen molar-refractivity contribution in [1.29, 1.82) is 0 Å². The Balaban J connectivity index is 1.81. The summed E-state index contributed by atoms with van der Waals surface area (Å²) in [6, 6.07) is 6.79. The monoisotopic (exact) mass is 394 g/mol. The lowest BCUT2D eigenvalue weighted by Crippen LogP contribution is -2.31. The molecule has 0 atom stereocenters. The number of aromatic carboxylic acids is 1. The van der Waals surface area contributed by atoms with Gasteiger partial charge in [0.2, 0.25) is 0 Å². The molecule has 0 bridgehead atoms. The molecule has 1 N–H and O–H groups in total. The van der Waals surface area contributed by atoms with Gasteiger partial charge in [-0.25, -0.2) is 14.8 Å². The Morgan fingerprint density at radius 3 is 2.86 bits per heavy atom. The fourth-order valence-electron chi connectivity index (χ4n) is 3.72. The number of aryl methyl sites for hydroxylation is 1. The number of hydrogen-bond donors (Lipinski definition) is 1. The molecule has 1 aliphatic heterocycles. The van der Waals surface area contributed by atoms with Crippen LogP contribution < -0.4 is 0 Å². The number of carboxylic acids is 1. The summed E-state index contributed by atoms with van der Waals surface area (Å²) in [5.74, 6) is 0.107. The van der Waals surface area contributed by atoms with Crippen molar-refractivity contribution in [2.45, 2.75) is 39.4 Å². The number of carbonyl (C=O) groups is 1. The van der Waals surface area contributed by atoms with Crippen LogP contribution in [0, 0.1) is 6.92 Å². The number of benzene rings is 1. The van der Waals surface area contributed by atoms with Gasteiger partial charge in [0.25, 0.3) is 0 Å². The van der Waals surface area contributed by atoms with Crippen molar-refractivity contribution in [3.63, 3.8) is 0 Å². The molecular weight excluding hydrogens is 376 g/mol. The zero-order valence-electron chi connectivity index (χ0n) is 15.7. The van der Waals surface area contributed by atoms with Crippen molar-refractivity contribution in [3.05, 3.63) is 46.1 Å². The fraction of sp³-hybridized carbons (Fsp3) is 0.300. The van der Waals surface area contributed by atoms with Gasteiger partial charge in [0.05, 0.1) is 23.2 Å². The van der Waals surface area contributed by atoms with E-state index in [9.17, 15) is 9.90 Å².